The lowest BCUT2D eigenvalue weighted by Gasteiger charge is -2.11. The van der Waals surface area contributed by atoms with Crippen molar-refractivity contribution in [1.29, 1.82) is 0 Å². The summed E-state index contributed by atoms with van der Waals surface area (Å²) in [6, 6.07) is 12.6. The Labute approximate surface area is 173 Å². The Morgan fingerprint density at radius 2 is 1.97 bits per heavy atom. The average molecular weight is 408 g/mol. The van der Waals surface area contributed by atoms with Gasteiger partial charge in [0.15, 0.2) is 0 Å². The van der Waals surface area contributed by atoms with Crippen molar-refractivity contribution in [1.82, 2.24) is 9.97 Å². The van der Waals surface area contributed by atoms with Gasteiger partial charge in [-0.1, -0.05) is 30.7 Å². The van der Waals surface area contributed by atoms with Gasteiger partial charge in [-0.25, -0.2) is 4.98 Å². The zero-order valence-corrected chi connectivity index (χ0v) is 16.7. The molecule has 0 saturated heterocycles. The minimum Gasteiger partial charge on any atom is -0.299 e. The van der Waals surface area contributed by atoms with Crippen LogP contribution in [-0.4, -0.2) is 21.5 Å². The van der Waals surface area contributed by atoms with Crippen LogP contribution in [0.15, 0.2) is 59.9 Å². The molecule has 0 unspecified atom stereocenters. The van der Waals surface area contributed by atoms with E-state index in [1.54, 1.807) is 12.3 Å². The number of aliphatic imine (C=N–C) groups is 1. The van der Waals surface area contributed by atoms with E-state index in [1.165, 1.54) is 12.3 Å². The van der Waals surface area contributed by atoms with Crippen LogP contribution in [-0.2, 0) is 17.8 Å². The molecule has 4 nitrogen and oxygen atoms in total. The number of benzene rings is 1. The average Bonchev–Trinajstić information content (AvgIpc) is 3.11. The number of ketones is 1. The highest BCUT2D eigenvalue weighted by Crippen LogP contribution is 2.25. The van der Waals surface area contributed by atoms with E-state index < -0.39 is 5.95 Å². The summed E-state index contributed by atoms with van der Waals surface area (Å²) < 4.78 is 13.4. The Bertz CT molecular complexity index is 1100. The Morgan fingerprint density at radius 1 is 1.17 bits per heavy atom. The zero-order valence-electron chi connectivity index (χ0n) is 15.9. The van der Waals surface area contributed by atoms with Crippen LogP contribution in [0.5, 0.6) is 0 Å². The first-order valence-corrected chi connectivity index (χ1v) is 9.79. The highest BCUT2D eigenvalue weighted by Gasteiger charge is 2.20. The Hall–Kier alpha value is -2.92. The number of carbonyl (C=O) groups excluding carboxylic acids is 1. The first kappa shape index (κ1) is 19.4. The molecule has 2 aromatic heterocycles. The van der Waals surface area contributed by atoms with Crippen LogP contribution in [0.4, 0.5) is 4.39 Å². The lowest BCUT2D eigenvalue weighted by atomic mass is 9.94. The Kier molecular flexibility index (Phi) is 5.49. The van der Waals surface area contributed by atoms with E-state index in [1.807, 2.05) is 37.3 Å². The van der Waals surface area contributed by atoms with Gasteiger partial charge < -0.3 is 0 Å². The van der Waals surface area contributed by atoms with Crippen molar-refractivity contribution in [3.63, 3.8) is 0 Å². The van der Waals surface area contributed by atoms with Gasteiger partial charge in [0.05, 0.1) is 12.3 Å². The van der Waals surface area contributed by atoms with Crippen LogP contribution in [0.2, 0.25) is 5.02 Å². The molecule has 1 aliphatic heterocycles. The van der Waals surface area contributed by atoms with Crippen LogP contribution in [0.3, 0.4) is 0 Å². The van der Waals surface area contributed by atoms with E-state index in [-0.39, 0.29) is 18.1 Å². The number of hydrogen-bond acceptors (Lipinski definition) is 4. The zero-order chi connectivity index (χ0) is 20.4. The standard InChI is InChI=1S/C23H19ClFN3O/c1-14(15-2-4-18(24)5-3-15)8-20(29)11-19-9-17-12-28-23(21(17)13-27-19)16-6-7-26-22(25)10-16/h2-7,9-10,13-14H,8,11-12H2,1H3/t14-/m0/s1. The number of halogens is 2. The van der Waals surface area contributed by atoms with E-state index in [4.69, 9.17) is 11.6 Å². The molecule has 0 saturated carbocycles. The number of pyridine rings is 2. The molecule has 1 atom stereocenters. The molecule has 6 heteroatoms. The predicted molar refractivity (Wildman–Crippen MR) is 111 cm³/mol. The van der Waals surface area contributed by atoms with Crippen LogP contribution >= 0.6 is 11.6 Å². The summed E-state index contributed by atoms with van der Waals surface area (Å²) in [7, 11) is 0. The quantitative estimate of drug-likeness (QED) is 0.544. The minimum atomic E-state index is -0.538. The van der Waals surface area contributed by atoms with Gasteiger partial charge in [0.1, 0.15) is 5.78 Å². The number of fused-ring (bicyclic) bond motifs is 1. The predicted octanol–water partition coefficient (Wildman–Crippen LogP) is 4.93. The van der Waals surface area contributed by atoms with Crippen molar-refractivity contribution >= 4 is 23.1 Å². The van der Waals surface area contributed by atoms with Crippen molar-refractivity contribution in [2.75, 3.05) is 0 Å². The smallest absolute Gasteiger partial charge is 0.213 e. The van der Waals surface area contributed by atoms with Gasteiger partial charge in [-0.3, -0.25) is 14.8 Å². The molecule has 3 heterocycles. The molecule has 0 fully saturated rings. The third-order valence-corrected chi connectivity index (χ3v) is 5.31. The largest absolute Gasteiger partial charge is 0.299 e. The summed E-state index contributed by atoms with van der Waals surface area (Å²) in [4.78, 5) is 25.1. The highest BCUT2D eigenvalue weighted by atomic mass is 35.5. The van der Waals surface area contributed by atoms with E-state index >= 15 is 0 Å². The lowest BCUT2D eigenvalue weighted by molar-refractivity contribution is -0.118. The second-order valence-corrected chi connectivity index (χ2v) is 7.67. The van der Waals surface area contributed by atoms with Gasteiger partial charge in [0.25, 0.3) is 0 Å². The van der Waals surface area contributed by atoms with Gasteiger partial charge in [0.2, 0.25) is 5.95 Å². The minimum absolute atomic E-state index is 0.116. The molecule has 3 aromatic rings. The van der Waals surface area contributed by atoms with Gasteiger partial charge in [0, 0.05) is 53.1 Å². The van der Waals surface area contributed by atoms with Gasteiger partial charge >= 0.3 is 0 Å². The third-order valence-electron chi connectivity index (χ3n) is 5.06. The number of carbonyl (C=O) groups is 1. The SMILES string of the molecule is C[C@@H](CC(=O)Cc1cc2c(cn1)C(c1ccnc(F)c1)=NC2)c1ccc(Cl)cc1. The molecule has 0 amide bonds. The lowest BCUT2D eigenvalue weighted by Crippen LogP contribution is -2.10. The summed E-state index contributed by atoms with van der Waals surface area (Å²) in [5, 5.41) is 0.686. The van der Waals surface area contributed by atoms with E-state index in [0.29, 0.717) is 29.3 Å². The number of Topliss-reactive ketones (excluding diaryl/α,β-unsaturated/α-hetero) is 1. The molecular formula is C23H19ClFN3O. The van der Waals surface area contributed by atoms with Crippen molar-refractivity contribution in [2.24, 2.45) is 4.99 Å². The fourth-order valence-electron chi connectivity index (χ4n) is 3.56. The van der Waals surface area contributed by atoms with Gasteiger partial charge in [-0.15, -0.1) is 0 Å². The molecule has 0 N–H and O–H groups in total. The molecule has 0 radical (unpaired) electrons. The van der Waals surface area contributed by atoms with Crippen LogP contribution < -0.4 is 0 Å². The number of nitrogens with zero attached hydrogens (tertiary/aromatic N) is 3. The molecule has 29 heavy (non-hydrogen) atoms. The Morgan fingerprint density at radius 3 is 2.72 bits per heavy atom. The molecule has 4 rings (SSSR count). The van der Waals surface area contributed by atoms with Crippen LogP contribution in [0.25, 0.3) is 0 Å². The fourth-order valence-corrected chi connectivity index (χ4v) is 3.68. The first-order valence-electron chi connectivity index (χ1n) is 9.41. The van der Waals surface area contributed by atoms with Gasteiger partial charge in [-0.2, -0.15) is 4.39 Å². The summed E-state index contributed by atoms with van der Waals surface area (Å²) in [5.41, 5.74) is 5.09. The third kappa shape index (κ3) is 4.40. The summed E-state index contributed by atoms with van der Waals surface area (Å²) in [6.07, 6.45) is 3.88. The van der Waals surface area contributed by atoms with Gasteiger partial charge in [-0.05, 0) is 41.3 Å². The van der Waals surface area contributed by atoms with Crippen molar-refractivity contribution in [2.45, 2.75) is 32.2 Å². The maximum atomic E-state index is 13.4. The summed E-state index contributed by atoms with van der Waals surface area (Å²) in [5.74, 6) is -0.287. The molecule has 0 bridgehead atoms. The molecule has 146 valence electrons. The molecule has 0 spiro atoms. The number of rotatable bonds is 6. The van der Waals surface area contributed by atoms with E-state index in [9.17, 15) is 9.18 Å². The Balaban J connectivity index is 1.43. The van der Waals surface area contributed by atoms with Crippen molar-refractivity contribution in [3.8, 4) is 0 Å². The number of hydrogen-bond donors (Lipinski definition) is 0. The van der Waals surface area contributed by atoms with Crippen molar-refractivity contribution in [3.05, 3.63) is 93.8 Å². The van der Waals surface area contributed by atoms with Crippen molar-refractivity contribution < 1.29 is 9.18 Å². The van der Waals surface area contributed by atoms with E-state index in [2.05, 4.69) is 15.0 Å². The summed E-state index contributed by atoms with van der Waals surface area (Å²) >= 11 is 5.93. The molecule has 1 aliphatic rings. The fraction of sp³-hybridized carbons (Fsp3) is 0.217. The molecule has 1 aromatic carbocycles. The maximum Gasteiger partial charge on any atom is 0.213 e. The molecular weight excluding hydrogens is 389 g/mol. The number of aromatic nitrogens is 2. The monoisotopic (exact) mass is 407 g/mol. The molecule has 0 aliphatic carbocycles. The second kappa shape index (κ2) is 8.21. The van der Waals surface area contributed by atoms with E-state index in [0.717, 1.165) is 22.4 Å². The maximum absolute atomic E-state index is 13.4. The second-order valence-electron chi connectivity index (χ2n) is 7.24. The van der Waals surface area contributed by atoms with Crippen LogP contribution in [0.1, 0.15) is 47.2 Å². The summed E-state index contributed by atoms with van der Waals surface area (Å²) in [6.45, 7) is 2.53. The van der Waals surface area contributed by atoms with Crippen LogP contribution in [0, 0.1) is 5.95 Å². The highest BCUT2D eigenvalue weighted by molar-refractivity contribution is 6.30. The topological polar surface area (TPSA) is 55.2 Å². The first-order chi connectivity index (χ1) is 14.0. The normalized spacial score (nSPS) is 13.7.